The van der Waals surface area contributed by atoms with Crippen LogP contribution in [0, 0.1) is 0 Å². The van der Waals surface area contributed by atoms with Crippen LogP contribution in [-0.2, 0) is 7.05 Å². The Morgan fingerprint density at radius 1 is 1.00 bits per heavy atom. The summed E-state index contributed by atoms with van der Waals surface area (Å²) >= 11 is 0. The Balaban J connectivity index is 2.24. The molecular formula is C18H13N3O2. The molecule has 0 unspecified atom stereocenters. The summed E-state index contributed by atoms with van der Waals surface area (Å²) in [6.45, 7) is 0. The Labute approximate surface area is 131 Å². The van der Waals surface area contributed by atoms with Gasteiger partial charge in [-0.25, -0.2) is 0 Å². The van der Waals surface area contributed by atoms with Crippen molar-refractivity contribution in [2.45, 2.75) is 0 Å². The molecule has 5 heteroatoms. The third kappa shape index (κ3) is 1.83. The second-order valence-corrected chi connectivity index (χ2v) is 5.36. The van der Waals surface area contributed by atoms with Gasteiger partial charge in [0.1, 0.15) is 11.2 Å². The van der Waals surface area contributed by atoms with Gasteiger partial charge < -0.3 is 4.57 Å². The van der Waals surface area contributed by atoms with E-state index in [0.717, 1.165) is 10.9 Å². The lowest BCUT2D eigenvalue weighted by Crippen LogP contribution is -2.24. The van der Waals surface area contributed by atoms with Crippen LogP contribution >= 0.6 is 0 Å². The smallest absolute Gasteiger partial charge is 0.296 e. The molecule has 2 aromatic carbocycles. The number of aromatic nitrogens is 3. The summed E-state index contributed by atoms with van der Waals surface area (Å²) in [4.78, 5) is 24.5. The first-order valence-electron chi connectivity index (χ1n) is 7.23. The SMILES string of the molecule is Cn1c2ccccc2c2c(C=O)nn(-c3ccccc3)c(=O)c21. The molecule has 0 atom stereocenters. The zero-order valence-electron chi connectivity index (χ0n) is 12.4. The summed E-state index contributed by atoms with van der Waals surface area (Å²) in [7, 11) is 1.83. The highest BCUT2D eigenvalue weighted by atomic mass is 16.1. The molecule has 23 heavy (non-hydrogen) atoms. The first kappa shape index (κ1) is 13.5. The molecule has 0 fully saturated rings. The summed E-state index contributed by atoms with van der Waals surface area (Å²) in [5.41, 5.74) is 2.03. The van der Waals surface area contributed by atoms with Crippen molar-refractivity contribution in [2.75, 3.05) is 0 Å². The quantitative estimate of drug-likeness (QED) is 0.535. The number of rotatable bonds is 2. The van der Waals surface area contributed by atoms with E-state index in [2.05, 4.69) is 5.10 Å². The molecular weight excluding hydrogens is 290 g/mol. The summed E-state index contributed by atoms with van der Waals surface area (Å²) in [5.74, 6) is 0. The van der Waals surface area contributed by atoms with Crippen molar-refractivity contribution in [2.24, 2.45) is 7.05 Å². The number of aryl methyl sites for hydroxylation is 1. The zero-order valence-corrected chi connectivity index (χ0v) is 12.4. The van der Waals surface area contributed by atoms with Gasteiger partial charge in [0.25, 0.3) is 5.56 Å². The Morgan fingerprint density at radius 2 is 1.70 bits per heavy atom. The number of hydrogen-bond donors (Lipinski definition) is 0. The molecule has 0 aliphatic heterocycles. The molecule has 5 nitrogen and oxygen atoms in total. The van der Waals surface area contributed by atoms with Crippen LogP contribution in [0.4, 0.5) is 0 Å². The van der Waals surface area contributed by atoms with E-state index in [1.807, 2.05) is 54.1 Å². The van der Waals surface area contributed by atoms with Gasteiger partial charge in [-0.3, -0.25) is 9.59 Å². The molecule has 0 aliphatic carbocycles. The van der Waals surface area contributed by atoms with Gasteiger partial charge in [0.15, 0.2) is 6.29 Å². The average Bonchev–Trinajstić information content (AvgIpc) is 2.90. The minimum absolute atomic E-state index is 0.240. The second kappa shape index (κ2) is 4.91. The van der Waals surface area contributed by atoms with Crippen LogP contribution in [0.25, 0.3) is 27.5 Å². The van der Waals surface area contributed by atoms with Gasteiger partial charge in [-0.15, -0.1) is 0 Å². The Morgan fingerprint density at radius 3 is 2.43 bits per heavy atom. The van der Waals surface area contributed by atoms with Crippen LogP contribution in [-0.4, -0.2) is 20.6 Å². The lowest BCUT2D eigenvalue weighted by molar-refractivity contribution is 0.111. The number of carbonyl (C=O) groups is 1. The monoisotopic (exact) mass is 303 g/mol. The molecule has 4 rings (SSSR count). The van der Waals surface area contributed by atoms with E-state index in [0.29, 0.717) is 22.9 Å². The standard InChI is InChI=1S/C18H13N3O2/c1-20-15-10-6-5-9-13(15)16-14(11-22)19-21(18(23)17(16)20)12-7-3-2-4-8-12/h2-11H,1H3. The molecule has 0 radical (unpaired) electrons. The molecule has 0 amide bonds. The molecule has 4 aromatic rings. The van der Waals surface area contributed by atoms with E-state index in [1.54, 1.807) is 12.1 Å². The van der Waals surface area contributed by atoms with Crippen molar-refractivity contribution < 1.29 is 4.79 Å². The highest BCUT2D eigenvalue weighted by Crippen LogP contribution is 2.27. The predicted octanol–water partition coefficient (Wildman–Crippen LogP) is 2.69. The van der Waals surface area contributed by atoms with Gasteiger partial charge in [-0.2, -0.15) is 9.78 Å². The number of benzene rings is 2. The lowest BCUT2D eigenvalue weighted by atomic mass is 10.1. The summed E-state index contributed by atoms with van der Waals surface area (Å²) < 4.78 is 3.10. The molecule has 0 N–H and O–H groups in total. The number of aldehydes is 1. The minimum atomic E-state index is -0.240. The average molecular weight is 303 g/mol. The second-order valence-electron chi connectivity index (χ2n) is 5.36. The molecule has 0 spiro atoms. The fourth-order valence-electron chi connectivity index (χ4n) is 3.03. The minimum Gasteiger partial charge on any atom is -0.339 e. The van der Waals surface area contributed by atoms with Gasteiger partial charge >= 0.3 is 0 Å². The van der Waals surface area contributed by atoms with E-state index in [9.17, 15) is 9.59 Å². The maximum Gasteiger partial charge on any atom is 0.296 e. The Kier molecular flexibility index (Phi) is 2.87. The van der Waals surface area contributed by atoms with Crippen molar-refractivity contribution in [3.63, 3.8) is 0 Å². The van der Waals surface area contributed by atoms with Crippen LogP contribution in [0.2, 0.25) is 0 Å². The van der Waals surface area contributed by atoms with E-state index in [1.165, 1.54) is 4.68 Å². The number of hydrogen-bond acceptors (Lipinski definition) is 3. The van der Waals surface area contributed by atoms with Gasteiger partial charge in [0.05, 0.1) is 5.69 Å². The van der Waals surface area contributed by atoms with E-state index < -0.39 is 0 Å². The number of nitrogens with zero attached hydrogens (tertiary/aromatic N) is 3. The number of para-hydroxylation sites is 2. The summed E-state index contributed by atoms with van der Waals surface area (Å²) in [6.07, 6.45) is 0.702. The van der Waals surface area contributed by atoms with Crippen molar-refractivity contribution in [3.8, 4) is 5.69 Å². The predicted molar refractivity (Wildman–Crippen MR) is 89.2 cm³/mol. The lowest BCUT2D eigenvalue weighted by Gasteiger charge is -2.07. The van der Waals surface area contributed by atoms with E-state index >= 15 is 0 Å². The van der Waals surface area contributed by atoms with E-state index in [4.69, 9.17) is 0 Å². The van der Waals surface area contributed by atoms with Crippen LogP contribution in [0.1, 0.15) is 10.5 Å². The van der Waals surface area contributed by atoms with Crippen LogP contribution in [0.5, 0.6) is 0 Å². The molecule has 112 valence electrons. The molecule has 2 heterocycles. The van der Waals surface area contributed by atoms with Crippen molar-refractivity contribution in [1.82, 2.24) is 14.3 Å². The van der Waals surface area contributed by atoms with E-state index in [-0.39, 0.29) is 11.3 Å². The molecule has 0 saturated carbocycles. The fraction of sp³-hybridized carbons (Fsp3) is 0.0556. The molecule has 0 saturated heterocycles. The van der Waals surface area contributed by atoms with Gasteiger partial charge in [0, 0.05) is 23.3 Å². The highest BCUT2D eigenvalue weighted by molar-refractivity contribution is 6.13. The first-order chi connectivity index (χ1) is 11.2. The maximum absolute atomic E-state index is 13.0. The summed E-state index contributed by atoms with van der Waals surface area (Å²) in [5, 5.41) is 5.74. The largest absolute Gasteiger partial charge is 0.339 e. The van der Waals surface area contributed by atoms with Crippen LogP contribution in [0.3, 0.4) is 0 Å². The fourth-order valence-corrected chi connectivity index (χ4v) is 3.03. The van der Waals surface area contributed by atoms with Crippen molar-refractivity contribution >= 4 is 28.1 Å². The van der Waals surface area contributed by atoms with Gasteiger partial charge in [-0.05, 0) is 18.2 Å². The highest BCUT2D eigenvalue weighted by Gasteiger charge is 2.18. The van der Waals surface area contributed by atoms with Gasteiger partial charge in [0.2, 0.25) is 0 Å². The number of carbonyl (C=O) groups excluding carboxylic acids is 1. The maximum atomic E-state index is 13.0. The van der Waals surface area contributed by atoms with Crippen molar-refractivity contribution in [1.29, 1.82) is 0 Å². The molecule has 2 aromatic heterocycles. The Bertz CT molecular complexity index is 1110. The topological polar surface area (TPSA) is 56.9 Å². The van der Waals surface area contributed by atoms with Crippen molar-refractivity contribution in [3.05, 3.63) is 70.6 Å². The normalized spacial score (nSPS) is 11.2. The first-order valence-corrected chi connectivity index (χ1v) is 7.23. The van der Waals surface area contributed by atoms with Crippen LogP contribution < -0.4 is 5.56 Å². The molecule has 0 aliphatic rings. The third-order valence-electron chi connectivity index (χ3n) is 4.08. The third-order valence-corrected chi connectivity index (χ3v) is 4.08. The van der Waals surface area contributed by atoms with Gasteiger partial charge in [-0.1, -0.05) is 36.4 Å². The molecule has 0 bridgehead atoms. The summed E-state index contributed by atoms with van der Waals surface area (Å²) in [6, 6.07) is 16.7. The number of fused-ring (bicyclic) bond motifs is 3. The Hall–Kier alpha value is -3.21. The van der Waals surface area contributed by atoms with Crippen LogP contribution in [0.15, 0.2) is 59.4 Å². The zero-order chi connectivity index (χ0) is 16.0.